The van der Waals surface area contributed by atoms with Gasteiger partial charge in [-0.15, -0.1) is 0 Å². The highest BCUT2D eigenvalue weighted by atomic mass is 79.9. The molecule has 0 N–H and O–H groups in total. The van der Waals surface area contributed by atoms with Crippen LogP contribution in [-0.2, 0) is 4.57 Å². The molecular formula is C23H28BrO3P. The quantitative estimate of drug-likeness (QED) is 0.341. The molecule has 28 heavy (non-hydrogen) atoms. The summed E-state index contributed by atoms with van der Waals surface area (Å²) < 4.78 is 14.0. The normalized spacial score (nSPS) is 11.5. The van der Waals surface area contributed by atoms with E-state index in [1.165, 1.54) is 0 Å². The number of benzene rings is 2. The van der Waals surface area contributed by atoms with Crippen LogP contribution in [0.2, 0.25) is 0 Å². The van der Waals surface area contributed by atoms with Gasteiger partial charge in [-0.05, 0) is 70.2 Å². The topological polar surface area (TPSA) is 51.2 Å². The Morgan fingerprint density at radius 1 is 0.750 bits per heavy atom. The molecule has 0 unspecified atom stereocenters. The Morgan fingerprint density at radius 2 is 1.07 bits per heavy atom. The molecule has 0 heterocycles. The van der Waals surface area contributed by atoms with Crippen molar-refractivity contribution in [3.05, 3.63) is 68.8 Å². The first-order valence-corrected chi connectivity index (χ1v) is 12.4. The fraction of sp³-hybridized carbons (Fsp3) is 0.391. The highest BCUT2D eigenvalue weighted by Crippen LogP contribution is 2.54. The molecule has 0 aliphatic heterocycles. The van der Waals surface area contributed by atoms with Crippen LogP contribution in [0.5, 0.6) is 0 Å². The molecule has 3 nitrogen and oxygen atoms in total. The summed E-state index contributed by atoms with van der Waals surface area (Å²) in [6.07, 6.45) is 0.581. The number of aryl methyl sites for hydroxylation is 6. The number of alkyl halides is 1. The lowest BCUT2D eigenvalue weighted by Gasteiger charge is -2.21. The largest absolute Gasteiger partial charge is 0.307 e. The zero-order chi connectivity index (χ0) is 21.2. The predicted molar refractivity (Wildman–Crippen MR) is 121 cm³/mol. The fourth-order valence-corrected chi connectivity index (χ4v) is 7.31. The minimum absolute atomic E-state index is 0.0788. The smallest absolute Gasteiger partial charge is 0.229 e. The zero-order valence-electron chi connectivity index (χ0n) is 17.5. The maximum Gasteiger partial charge on any atom is 0.229 e. The molecule has 2 aromatic rings. The van der Waals surface area contributed by atoms with Gasteiger partial charge in [-0.2, -0.15) is 0 Å². The third-order valence-electron chi connectivity index (χ3n) is 5.04. The van der Waals surface area contributed by atoms with Crippen molar-refractivity contribution in [2.45, 2.75) is 48.0 Å². The van der Waals surface area contributed by atoms with Crippen LogP contribution in [-0.4, -0.2) is 22.5 Å². The maximum atomic E-state index is 14.0. The highest BCUT2D eigenvalue weighted by Gasteiger charge is 2.42. The van der Waals surface area contributed by atoms with Crippen molar-refractivity contribution in [1.29, 1.82) is 0 Å². The van der Waals surface area contributed by atoms with Crippen LogP contribution in [0, 0.1) is 41.5 Å². The molecule has 0 amide bonds. The molecule has 0 aliphatic carbocycles. The van der Waals surface area contributed by atoms with Crippen molar-refractivity contribution in [3.8, 4) is 0 Å². The van der Waals surface area contributed by atoms with Gasteiger partial charge < -0.3 is 4.57 Å². The van der Waals surface area contributed by atoms with E-state index in [-0.39, 0.29) is 6.16 Å². The van der Waals surface area contributed by atoms with Gasteiger partial charge in [-0.1, -0.05) is 51.3 Å². The summed E-state index contributed by atoms with van der Waals surface area (Å²) in [6.45, 7) is 11.3. The number of carbonyl (C=O) groups excluding carboxylic acids is 2. The summed E-state index contributed by atoms with van der Waals surface area (Å²) in [5.41, 5.74) is 5.01. The first kappa shape index (κ1) is 22.8. The molecule has 5 heteroatoms. The number of hydrogen-bond donors (Lipinski definition) is 0. The second-order valence-corrected chi connectivity index (χ2v) is 11.2. The molecule has 0 aliphatic rings. The van der Waals surface area contributed by atoms with Gasteiger partial charge in [0.2, 0.25) is 18.2 Å². The average Bonchev–Trinajstić information content (AvgIpc) is 2.57. The van der Waals surface area contributed by atoms with Gasteiger partial charge in [-0.25, -0.2) is 0 Å². The Labute approximate surface area is 176 Å². The number of carbonyl (C=O) groups is 2. The van der Waals surface area contributed by atoms with Crippen LogP contribution in [0.25, 0.3) is 0 Å². The number of rotatable bonds is 7. The SMILES string of the molecule is Cc1cc(C)c(C(=O)P(=O)(CCCBr)C(=O)c2c(C)cc(C)cc2C)c(C)c1. The van der Waals surface area contributed by atoms with Crippen LogP contribution < -0.4 is 0 Å². The third-order valence-corrected chi connectivity index (χ3v) is 8.31. The molecule has 0 aromatic heterocycles. The summed E-state index contributed by atoms with van der Waals surface area (Å²) in [7, 11) is -3.81. The second kappa shape index (κ2) is 8.88. The van der Waals surface area contributed by atoms with E-state index in [4.69, 9.17) is 0 Å². The van der Waals surface area contributed by atoms with Crippen LogP contribution in [0.15, 0.2) is 24.3 Å². The lowest BCUT2D eigenvalue weighted by molar-refractivity contribution is 0.103. The first-order chi connectivity index (χ1) is 13.0. The molecule has 2 rings (SSSR count). The van der Waals surface area contributed by atoms with Gasteiger partial charge >= 0.3 is 0 Å². The Hall–Kier alpha value is -1.51. The minimum atomic E-state index is -3.81. The molecule has 0 bridgehead atoms. The number of hydrogen-bond acceptors (Lipinski definition) is 3. The summed E-state index contributed by atoms with van der Waals surface area (Å²) in [5, 5.41) is 0.593. The van der Waals surface area contributed by atoms with Crippen molar-refractivity contribution < 1.29 is 14.2 Å². The van der Waals surface area contributed by atoms with Crippen molar-refractivity contribution in [2.24, 2.45) is 0 Å². The third kappa shape index (κ3) is 4.39. The van der Waals surface area contributed by atoms with E-state index < -0.39 is 18.2 Å². The molecule has 0 spiro atoms. The van der Waals surface area contributed by atoms with E-state index in [2.05, 4.69) is 15.9 Å². The summed E-state index contributed by atoms with van der Waals surface area (Å²) in [4.78, 5) is 27.1. The fourth-order valence-electron chi connectivity index (χ4n) is 3.97. The summed E-state index contributed by atoms with van der Waals surface area (Å²) in [6, 6.07) is 7.62. The monoisotopic (exact) mass is 462 g/mol. The molecule has 150 valence electrons. The van der Waals surface area contributed by atoms with Crippen molar-refractivity contribution in [3.63, 3.8) is 0 Å². The maximum absolute atomic E-state index is 14.0. The molecule has 0 saturated heterocycles. The van der Waals surface area contributed by atoms with Gasteiger partial charge in [0.05, 0.1) is 0 Å². The molecule has 0 atom stereocenters. The minimum Gasteiger partial charge on any atom is -0.307 e. The molecular weight excluding hydrogens is 435 g/mol. The Bertz CT molecular complexity index is 872. The lowest BCUT2D eigenvalue weighted by Crippen LogP contribution is -2.17. The Kier molecular flexibility index (Phi) is 7.22. The molecule has 0 fully saturated rings. The molecule has 0 radical (unpaired) electrons. The molecule has 2 aromatic carbocycles. The standard InChI is InChI=1S/C23H28BrO3P/c1-14-10-16(3)20(17(4)11-14)22(25)28(27,9-7-8-24)23(26)21-18(5)12-15(2)13-19(21)6/h10-13H,7-9H2,1-6H3. The second-order valence-electron chi connectivity index (χ2n) is 7.66. The van der Waals surface area contributed by atoms with E-state index in [1.807, 2.05) is 65.8 Å². The molecule has 0 saturated carbocycles. The zero-order valence-corrected chi connectivity index (χ0v) is 20.0. The average molecular weight is 463 g/mol. The Balaban J connectivity index is 2.67. The van der Waals surface area contributed by atoms with Crippen molar-refractivity contribution in [1.82, 2.24) is 0 Å². The van der Waals surface area contributed by atoms with Crippen LogP contribution >= 0.6 is 23.1 Å². The first-order valence-electron chi connectivity index (χ1n) is 9.43. The van der Waals surface area contributed by atoms with Gasteiger partial charge in [0.15, 0.2) is 0 Å². The predicted octanol–water partition coefficient (Wildman–Crippen LogP) is 6.67. The van der Waals surface area contributed by atoms with E-state index in [0.717, 1.165) is 33.4 Å². The van der Waals surface area contributed by atoms with Gasteiger partial charge in [0.1, 0.15) is 0 Å². The van der Waals surface area contributed by atoms with Gasteiger partial charge in [-0.3, -0.25) is 9.59 Å². The van der Waals surface area contributed by atoms with Gasteiger partial charge in [0.25, 0.3) is 0 Å². The van der Waals surface area contributed by atoms with E-state index >= 15 is 0 Å². The number of halogens is 1. The Morgan fingerprint density at radius 3 is 1.36 bits per heavy atom. The van der Waals surface area contributed by atoms with Crippen LogP contribution in [0.3, 0.4) is 0 Å². The van der Waals surface area contributed by atoms with E-state index in [9.17, 15) is 14.2 Å². The van der Waals surface area contributed by atoms with E-state index in [0.29, 0.717) is 22.9 Å². The van der Waals surface area contributed by atoms with Crippen molar-refractivity contribution in [2.75, 3.05) is 11.5 Å². The lowest BCUT2D eigenvalue weighted by atomic mass is 10.0. The van der Waals surface area contributed by atoms with Crippen LogP contribution in [0.1, 0.15) is 60.5 Å². The van der Waals surface area contributed by atoms with E-state index in [1.54, 1.807) is 0 Å². The highest BCUT2D eigenvalue weighted by molar-refractivity contribution is 9.09. The van der Waals surface area contributed by atoms with Gasteiger partial charge in [0, 0.05) is 22.6 Å². The van der Waals surface area contributed by atoms with Crippen LogP contribution in [0.4, 0.5) is 0 Å². The van der Waals surface area contributed by atoms with Crippen molar-refractivity contribution >= 4 is 34.1 Å². The summed E-state index contributed by atoms with van der Waals surface area (Å²) in [5.74, 6) is 0. The summed E-state index contributed by atoms with van der Waals surface area (Å²) >= 11 is 3.35.